The van der Waals surface area contributed by atoms with Gasteiger partial charge in [0.1, 0.15) is 18.1 Å². The Morgan fingerprint density at radius 3 is 3.10 bits per heavy atom. The third kappa shape index (κ3) is 3.01. The molecule has 0 atom stereocenters. The molecule has 9 nitrogen and oxygen atoms in total. The molecular weight excluding hydrogens is 274 g/mol. The summed E-state index contributed by atoms with van der Waals surface area (Å²) >= 11 is 0. The minimum atomic E-state index is -0.270. The number of nitrogens with one attached hydrogen (secondary N) is 2. The molecule has 1 amide bonds. The SMILES string of the molecule is O=C(Cn1nc2n(c1=O)CCCCC2)NCc1cn[nH]n1. The molecule has 3 rings (SSSR count). The molecule has 0 saturated carbocycles. The number of H-pyrrole nitrogens is 1. The summed E-state index contributed by atoms with van der Waals surface area (Å²) in [6.07, 6.45) is 5.46. The number of amides is 1. The van der Waals surface area contributed by atoms with Gasteiger partial charge in [-0.3, -0.25) is 9.36 Å². The zero-order valence-electron chi connectivity index (χ0n) is 11.6. The van der Waals surface area contributed by atoms with Crippen LogP contribution < -0.4 is 11.0 Å². The topological polar surface area (TPSA) is 110 Å². The predicted molar refractivity (Wildman–Crippen MR) is 72.3 cm³/mol. The van der Waals surface area contributed by atoms with Crippen LogP contribution in [0.1, 0.15) is 30.8 Å². The highest BCUT2D eigenvalue weighted by molar-refractivity contribution is 5.75. The molecule has 112 valence electrons. The summed E-state index contributed by atoms with van der Waals surface area (Å²) in [7, 11) is 0. The van der Waals surface area contributed by atoms with E-state index in [1.54, 1.807) is 4.57 Å². The van der Waals surface area contributed by atoms with E-state index in [1.165, 1.54) is 10.9 Å². The van der Waals surface area contributed by atoms with E-state index in [0.717, 1.165) is 31.5 Å². The highest BCUT2D eigenvalue weighted by atomic mass is 16.2. The molecule has 0 unspecified atom stereocenters. The van der Waals surface area contributed by atoms with Crippen LogP contribution in [0, 0.1) is 0 Å². The normalized spacial score (nSPS) is 14.5. The second-order valence-corrected chi connectivity index (χ2v) is 5.06. The summed E-state index contributed by atoms with van der Waals surface area (Å²) in [5, 5.41) is 16.9. The van der Waals surface area contributed by atoms with E-state index in [4.69, 9.17) is 0 Å². The van der Waals surface area contributed by atoms with Gasteiger partial charge in [0.25, 0.3) is 0 Å². The number of aromatic amines is 1. The Morgan fingerprint density at radius 2 is 2.29 bits per heavy atom. The lowest BCUT2D eigenvalue weighted by Crippen LogP contribution is -2.33. The predicted octanol–water partition coefficient (Wildman–Crippen LogP) is -0.794. The third-order valence-electron chi connectivity index (χ3n) is 3.51. The molecule has 0 aliphatic carbocycles. The number of hydrogen-bond donors (Lipinski definition) is 2. The number of nitrogens with zero attached hydrogens (tertiary/aromatic N) is 5. The second kappa shape index (κ2) is 5.90. The number of carbonyl (C=O) groups is 1. The van der Waals surface area contributed by atoms with Gasteiger partial charge in [-0.05, 0) is 12.8 Å². The van der Waals surface area contributed by atoms with E-state index < -0.39 is 0 Å². The highest BCUT2D eigenvalue weighted by Crippen LogP contribution is 2.10. The number of rotatable bonds is 4. The molecule has 21 heavy (non-hydrogen) atoms. The van der Waals surface area contributed by atoms with Crippen molar-refractivity contribution in [3.8, 4) is 0 Å². The highest BCUT2D eigenvalue weighted by Gasteiger charge is 2.17. The summed E-state index contributed by atoms with van der Waals surface area (Å²) < 4.78 is 2.91. The number of carbonyl (C=O) groups excluding carboxylic acids is 1. The number of fused-ring (bicyclic) bond motifs is 1. The van der Waals surface area contributed by atoms with Gasteiger partial charge in [-0.2, -0.15) is 20.5 Å². The molecule has 9 heteroatoms. The molecule has 2 aromatic rings. The Hall–Kier alpha value is -2.45. The molecule has 1 aliphatic rings. The Balaban J connectivity index is 1.65. The Kier molecular flexibility index (Phi) is 3.80. The molecule has 2 N–H and O–H groups in total. The van der Waals surface area contributed by atoms with Crippen LogP contribution in [-0.4, -0.2) is 35.7 Å². The lowest BCUT2D eigenvalue weighted by molar-refractivity contribution is -0.122. The smallest absolute Gasteiger partial charge is 0.346 e. The lowest BCUT2D eigenvalue weighted by Gasteiger charge is -2.02. The zero-order chi connectivity index (χ0) is 14.7. The van der Waals surface area contributed by atoms with Gasteiger partial charge in [-0.1, -0.05) is 6.42 Å². The van der Waals surface area contributed by atoms with Crippen molar-refractivity contribution < 1.29 is 4.79 Å². The second-order valence-electron chi connectivity index (χ2n) is 5.06. The molecule has 0 saturated heterocycles. The number of hydrogen-bond acceptors (Lipinski definition) is 5. The largest absolute Gasteiger partial charge is 0.349 e. The van der Waals surface area contributed by atoms with Gasteiger partial charge < -0.3 is 5.32 Å². The third-order valence-corrected chi connectivity index (χ3v) is 3.51. The van der Waals surface area contributed by atoms with Crippen molar-refractivity contribution in [2.75, 3.05) is 0 Å². The van der Waals surface area contributed by atoms with Crippen LogP contribution in [0.15, 0.2) is 11.0 Å². The van der Waals surface area contributed by atoms with E-state index in [9.17, 15) is 9.59 Å². The number of aromatic nitrogens is 6. The zero-order valence-corrected chi connectivity index (χ0v) is 11.6. The van der Waals surface area contributed by atoms with Crippen molar-refractivity contribution in [2.24, 2.45) is 0 Å². The van der Waals surface area contributed by atoms with E-state index >= 15 is 0 Å². The van der Waals surface area contributed by atoms with Crippen LogP contribution in [0.5, 0.6) is 0 Å². The maximum absolute atomic E-state index is 12.2. The van der Waals surface area contributed by atoms with Gasteiger partial charge in [-0.15, -0.1) is 0 Å². The molecular formula is C12H17N7O2. The van der Waals surface area contributed by atoms with Gasteiger partial charge >= 0.3 is 5.69 Å². The molecule has 0 bridgehead atoms. The monoisotopic (exact) mass is 291 g/mol. The standard InChI is InChI=1S/C12H17N7O2/c20-11(13-6-9-7-14-17-15-9)8-19-12(21)18-5-3-1-2-4-10(18)16-19/h7H,1-6,8H2,(H,13,20)(H,14,15,17). The first-order chi connectivity index (χ1) is 10.2. The minimum Gasteiger partial charge on any atom is -0.349 e. The molecule has 0 aromatic carbocycles. The van der Waals surface area contributed by atoms with Crippen molar-refractivity contribution in [1.29, 1.82) is 0 Å². The van der Waals surface area contributed by atoms with Crippen molar-refractivity contribution in [3.63, 3.8) is 0 Å². The summed E-state index contributed by atoms with van der Waals surface area (Å²) in [6.45, 7) is 0.892. The van der Waals surface area contributed by atoms with Gasteiger partial charge in [0.15, 0.2) is 0 Å². The first kappa shape index (κ1) is 13.5. The molecule has 3 heterocycles. The Labute approximate surface area is 120 Å². The van der Waals surface area contributed by atoms with E-state index in [1.807, 2.05) is 0 Å². The molecule has 0 radical (unpaired) electrons. The molecule has 1 aliphatic heterocycles. The first-order valence-corrected chi connectivity index (χ1v) is 7.02. The van der Waals surface area contributed by atoms with Crippen LogP contribution in [0.25, 0.3) is 0 Å². The van der Waals surface area contributed by atoms with Crippen molar-refractivity contribution in [3.05, 3.63) is 28.2 Å². The van der Waals surface area contributed by atoms with Gasteiger partial charge in [0, 0.05) is 13.0 Å². The van der Waals surface area contributed by atoms with Gasteiger partial charge in [-0.25, -0.2) is 9.48 Å². The first-order valence-electron chi connectivity index (χ1n) is 7.02. The fourth-order valence-corrected chi connectivity index (χ4v) is 2.42. The fraction of sp³-hybridized carbons (Fsp3) is 0.583. The minimum absolute atomic E-state index is 0.0727. The van der Waals surface area contributed by atoms with Crippen LogP contribution in [-0.2, 0) is 30.8 Å². The maximum atomic E-state index is 12.2. The van der Waals surface area contributed by atoms with Gasteiger partial charge in [0.05, 0.1) is 12.7 Å². The van der Waals surface area contributed by atoms with Gasteiger partial charge in [0.2, 0.25) is 5.91 Å². The summed E-state index contributed by atoms with van der Waals surface area (Å²) in [5.74, 6) is 0.509. The number of aryl methyl sites for hydroxylation is 1. The van der Waals surface area contributed by atoms with Crippen LogP contribution >= 0.6 is 0 Å². The van der Waals surface area contributed by atoms with Crippen LogP contribution in [0.4, 0.5) is 0 Å². The average Bonchev–Trinajstić information content (AvgIpc) is 3.01. The summed E-state index contributed by atoms with van der Waals surface area (Å²) in [5.41, 5.74) is 0.430. The molecule has 2 aromatic heterocycles. The van der Waals surface area contributed by atoms with Crippen LogP contribution in [0.2, 0.25) is 0 Å². The van der Waals surface area contributed by atoms with Crippen molar-refractivity contribution in [2.45, 2.75) is 45.3 Å². The Morgan fingerprint density at radius 1 is 1.38 bits per heavy atom. The lowest BCUT2D eigenvalue weighted by atomic mass is 10.2. The van der Waals surface area contributed by atoms with E-state index in [0.29, 0.717) is 12.2 Å². The maximum Gasteiger partial charge on any atom is 0.346 e. The van der Waals surface area contributed by atoms with Crippen molar-refractivity contribution in [1.82, 2.24) is 35.1 Å². The summed E-state index contributed by atoms with van der Waals surface area (Å²) in [6, 6.07) is 0. The summed E-state index contributed by atoms with van der Waals surface area (Å²) in [4.78, 5) is 24.1. The van der Waals surface area contributed by atoms with E-state index in [-0.39, 0.29) is 24.7 Å². The average molecular weight is 291 g/mol. The fourth-order valence-electron chi connectivity index (χ4n) is 2.42. The van der Waals surface area contributed by atoms with E-state index in [2.05, 4.69) is 25.8 Å². The molecule has 0 fully saturated rings. The van der Waals surface area contributed by atoms with Crippen molar-refractivity contribution >= 4 is 5.91 Å². The Bertz CT molecular complexity index is 670. The van der Waals surface area contributed by atoms with Crippen LogP contribution in [0.3, 0.4) is 0 Å². The molecule has 0 spiro atoms. The quantitative estimate of drug-likeness (QED) is 0.766.